The van der Waals surface area contributed by atoms with Crippen molar-refractivity contribution >= 4 is 66.7 Å². The lowest BCUT2D eigenvalue weighted by Crippen LogP contribution is -2.59. The second kappa shape index (κ2) is 23.1. The molecule has 9 aromatic carbocycles. The summed E-state index contributed by atoms with van der Waals surface area (Å²) in [6.45, 7) is 70.3. The van der Waals surface area contributed by atoms with Gasteiger partial charge in [-0.15, -0.1) is 0 Å². The van der Waals surface area contributed by atoms with Gasteiger partial charge in [0.15, 0.2) is 17.5 Å². The van der Waals surface area contributed by atoms with Crippen molar-refractivity contribution in [1.29, 1.82) is 0 Å². The van der Waals surface area contributed by atoms with Crippen molar-refractivity contribution in [2.75, 3.05) is 0 Å². The maximum Gasteiger partial charge on any atom is 0.252 e. The molecule has 5 heterocycles. The van der Waals surface area contributed by atoms with Crippen molar-refractivity contribution in [3.63, 3.8) is 0 Å². The fourth-order valence-electron chi connectivity index (χ4n) is 16.2. The molecule has 6 heteroatoms. The highest BCUT2D eigenvalue weighted by Crippen LogP contribution is 2.50. The van der Waals surface area contributed by atoms with Gasteiger partial charge < -0.3 is 9.13 Å². The smallest absolute Gasteiger partial charge is 0.252 e. The Morgan fingerprint density at radius 3 is 0.786 bits per heavy atom. The minimum absolute atomic E-state index is 0.00241. The van der Waals surface area contributed by atoms with Crippen molar-refractivity contribution in [3.8, 4) is 67.8 Å². The highest BCUT2D eigenvalue weighted by molar-refractivity contribution is 7.00. The number of benzene rings is 9. The monoisotopic (exact) mass is 1360 g/mol. The van der Waals surface area contributed by atoms with Crippen molar-refractivity contribution in [3.05, 3.63) is 201 Å². The SMILES string of the molecule is CC(C)(C)c1ccc(-c2cc3c4c(c2)c2c(C(C)(C)C)cc(C(C)(C)C)cc2n4-c2cc(-c4nc(-c5cc(C(C)(C)C)cc(C(C)(C)C)c5)nc(-c5cc(C(C)(C)C)cc(C(C)(C)C)c5)n4)cc4c2B3c2cc(-c3ccc(C(C)(C)C)cc3)cc3c5c(C(C)(C)C)cc(C(C)(C)C)cc5n-4c23)cc1. The van der Waals surface area contributed by atoms with Gasteiger partial charge in [-0.2, -0.15) is 0 Å². The van der Waals surface area contributed by atoms with Crippen LogP contribution in [0.25, 0.3) is 111 Å². The van der Waals surface area contributed by atoms with Crippen LogP contribution in [0.2, 0.25) is 0 Å². The van der Waals surface area contributed by atoms with Gasteiger partial charge in [-0.3, -0.25) is 0 Å². The molecule has 0 bridgehead atoms. The molecule has 0 aliphatic carbocycles. The summed E-state index contributed by atoms with van der Waals surface area (Å²) in [5.74, 6) is 1.97. The number of hydrogen-bond acceptors (Lipinski definition) is 3. The summed E-state index contributed by atoms with van der Waals surface area (Å²) < 4.78 is 5.43. The third kappa shape index (κ3) is 12.4. The molecule has 5 nitrogen and oxygen atoms in total. The van der Waals surface area contributed by atoms with Crippen LogP contribution in [0.15, 0.2) is 146 Å². The molecule has 0 unspecified atom stereocenters. The molecule has 530 valence electrons. The Labute approximate surface area is 617 Å². The number of rotatable bonds is 5. The minimum Gasteiger partial charge on any atom is -0.310 e. The standard InChI is InChI=1S/C97H114BN5/c1-88(2,3)62-35-31-55(32-36-62)57-43-70-80-72(96(25,26)27)51-68(94(19,20)21)53-76(80)102-78-47-61(87-100-85(59-39-64(90(7,8)9)49-65(40-59)91(10,11)12)99-86(101-87)60-41-66(92(13,14)15)50-67(42-60)93(16,17)18)48-79-82(78)98(74(45-57)83(70)102)75-46-58(56-33-37-63(38-34-56)89(4,5)6)44-71-81-73(97(28,29)30)52-69(95(22,23)24)54-77(81)103(79)84(71)75/h31-54H,1-30H3. The van der Waals surface area contributed by atoms with Gasteiger partial charge in [-0.1, -0.05) is 293 Å². The molecule has 2 aliphatic rings. The van der Waals surface area contributed by atoms with Crippen LogP contribution in [0.5, 0.6) is 0 Å². The molecule has 103 heavy (non-hydrogen) atoms. The first kappa shape index (κ1) is 71.6. The van der Waals surface area contributed by atoms with E-state index in [1.165, 1.54) is 138 Å². The highest BCUT2D eigenvalue weighted by atomic mass is 15.1. The van der Waals surface area contributed by atoms with Crippen LogP contribution < -0.4 is 16.4 Å². The third-order valence-electron chi connectivity index (χ3n) is 22.8. The molecule has 2 aliphatic heterocycles. The first-order chi connectivity index (χ1) is 47.3. The van der Waals surface area contributed by atoms with Crippen LogP contribution in [0.1, 0.15) is 263 Å². The zero-order valence-electron chi connectivity index (χ0n) is 68.2. The van der Waals surface area contributed by atoms with Gasteiger partial charge in [-0.05, 0) is 209 Å². The van der Waals surface area contributed by atoms with E-state index in [1.807, 2.05) is 0 Å². The number of nitrogens with zero attached hydrogens (tertiary/aromatic N) is 5. The Morgan fingerprint density at radius 1 is 0.243 bits per heavy atom. The Bertz CT molecular complexity index is 5090. The molecule has 3 aromatic heterocycles. The molecule has 0 saturated carbocycles. The maximum atomic E-state index is 5.91. The summed E-state index contributed by atoms with van der Waals surface area (Å²) >= 11 is 0. The van der Waals surface area contributed by atoms with E-state index < -0.39 is 0 Å². The molecule has 0 atom stereocenters. The quantitative estimate of drug-likeness (QED) is 0.161. The van der Waals surface area contributed by atoms with Crippen LogP contribution in [-0.4, -0.2) is 30.8 Å². The lowest BCUT2D eigenvalue weighted by Gasteiger charge is -2.35. The average Bonchev–Trinajstić information content (AvgIpc) is 1.53. The lowest BCUT2D eigenvalue weighted by molar-refractivity contribution is 0.568. The molecular formula is C97H114BN5. The van der Waals surface area contributed by atoms with Gasteiger partial charge in [0.25, 0.3) is 6.71 Å². The van der Waals surface area contributed by atoms with Crippen LogP contribution >= 0.6 is 0 Å². The number of hydrogen-bond donors (Lipinski definition) is 0. The topological polar surface area (TPSA) is 48.5 Å². The summed E-state index contributed by atoms with van der Waals surface area (Å²) in [5, 5.41) is 5.17. The van der Waals surface area contributed by atoms with Gasteiger partial charge in [0.05, 0.1) is 11.0 Å². The van der Waals surface area contributed by atoms with Crippen molar-refractivity contribution in [2.24, 2.45) is 0 Å². The van der Waals surface area contributed by atoms with Crippen LogP contribution in [0.3, 0.4) is 0 Å². The molecule has 0 N–H and O–H groups in total. The van der Waals surface area contributed by atoms with E-state index in [9.17, 15) is 0 Å². The van der Waals surface area contributed by atoms with Gasteiger partial charge in [0.1, 0.15) is 0 Å². The summed E-state index contributed by atoms with van der Waals surface area (Å²) in [7, 11) is 0. The van der Waals surface area contributed by atoms with Crippen LogP contribution in [0.4, 0.5) is 0 Å². The molecule has 14 rings (SSSR count). The largest absolute Gasteiger partial charge is 0.310 e. The van der Waals surface area contributed by atoms with E-state index in [0.717, 1.165) is 28.1 Å². The molecule has 0 fully saturated rings. The minimum atomic E-state index is -0.220. The Kier molecular flexibility index (Phi) is 16.1. The van der Waals surface area contributed by atoms with Gasteiger partial charge >= 0.3 is 0 Å². The molecule has 0 radical (unpaired) electrons. The van der Waals surface area contributed by atoms with E-state index in [1.54, 1.807) is 0 Å². The summed E-state index contributed by atoms with van der Waals surface area (Å²) in [6.07, 6.45) is 0. The second-order valence-electron chi connectivity index (χ2n) is 41.4. The first-order valence-electron chi connectivity index (χ1n) is 38.2. The van der Waals surface area contributed by atoms with E-state index in [0.29, 0.717) is 17.5 Å². The predicted molar refractivity (Wildman–Crippen MR) is 447 cm³/mol. The van der Waals surface area contributed by atoms with E-state index in [-0.39, 0.29) is 60.9 Å². The Balaban J connectivity index is 1.22. The summed E-state index contributed by atoms with van der Waals surface area (Å²) in [4.78, 5) is 17.6. The predicted octanol–water partition coefficient (Wildman–Crippen LogP) is 24.5. The van der Waals surface area contributed by atoms with Crippen molar-refractivity contribution in [1.82, 2.24) is 24.1 Å². The Hall–Kier alpha value is -8.35. The lowest BCUT2D eigenvalue weighted by atomic mass is 9.34. The van der Waals surface area contributed by atoms with Crippen molar-refractivity contribution in [2.45, 2.75) is 262 Å². The van der Waals surface area contributed by atoms with E-state index >= 15 is 0 Å². The van der Waals surface area contributed by atoms with E-state index in [2.05, 4.69) is 362 Å². The molecule has 0 saturated heterocycles. The van der Waals surface area contributed by atoms with E-state index in [4.69, 9.17) is 15.0 Å². The zero-order valence-corrected chi connectivity index (χ0v) is 68.2. The molecular weight excluding hydrogens is 1250 g/mol. The second-order valence-corrected chi connectivity index (χ2v) is 41.4. The Morgan fingerprint density at radius 2 is 0.515 bits per heavy atom. The van der Waals surface area contributed by atoms with Crippen LogP contribution in [-0.2, 0) is 54.1 Å². The normalized spacial score (nSPS) is 14.1. The fraction of sp³-hybridized carbons (Fsp3) is 0.412. The molecule has 12 aromatic rings. The van der Waals surface area contributed by atoms with Crippen LogP contribution in [0, 0.1) is 0 Å². The van der Waals surface area contributed by atoms with Crippen molar-refractivity contribution < 1.29 is 0 Å². The number of fused-ring (bicyclic) bond motifs is 10. The first-order valence-corrected chi connectivity index (χ1v) is 38.2. The molecule has 0 spiro atoms. The summed E-state index contributed by atoms with van der Waals surface area (Å²) in [6, 6.07) is 58.7. The zero-order chi connectivity index (χ0) is 74.9. The van der Waals surface area contributed by atoms with Gasteiger partial charge in [-0.25, -0.2) is 15.0 Å². The maximum absolute atomic E-state index is 5.91. The highest BCUT2D eigenvalue weighted by Gasteiger charge is 2.44. The number of aromatic nitrogens is 5. The fourth-order valence-corrected chi connectivity index (χ4v) is 16.2. The average molecular weight is 1360 g/mol. The molecule has 0 amide bonds. The summed E-state index contributed by atoms with van der Waals surface area (Å²) in [5.41, 5.74) is 30.6. The van der Waals surface area contributed by atoms with Gasteiger partial charge in [0.2, 0.25) is 0 Å². The van der Waals surface area contributed by atoms with Gasteiger partial charge in [0, 0.05) is 60.6 Å². The third-order valence-corrected chi connectivity index (χ3v) is 22.8.